The standard InChI is InChI=1S/C15H17N5O2S2/c1-2-13-19-14(12-5-9-23-15(12)20-13)17-7-8-18-24(21,22)11-4-3-6-16-10-11/h3-6,9-10,18H,2,7-8H2,1H3,(H,17,19,20). The monoisotopic (exact) mass is 363 g/mol. The summed E-state index contributed by atoms with van der Waals surface area (Å²) in [4.78, 5) is 13.9. The van der Waals surface area contributed by atoms with Gasteiger partial charge < -0.3 is 5.32 Å². The largest absolute Gasteiger partial charge is 0.368 e. The lowest BCUT2D eigenvalue weighted by Crippen LogP contribution is -2.29. The van der Waals surface area contributed by atoms with Crippen molar-refractivity contribution in [2.75, 3.05) is 18.4 Å². The molecule has 0 radical (unpaired) electrons. The van der Waals surface area contributed by atoms with E-state index < -0.39 is 10.0 Å². The fraction of sp³-hybridized carbons (Fsp3) is 0.267. The first-order chi connectivity index (χ1) is 11.6. The van der Waals surface area contributed by atoms with Crippen molar-refractivity contribution in [2.45, 2.75) is 18.2 Å². The number of anilines is 1. The molecule has 0 aromatic carbocycles. The molecule has 126 valence electrons. The van der Waals surface area contributed by atoms with Gasteiger partial charge in [-0.2, -0.15) is 0 Å². The molecule has 3 heterocycles. The lowest BCUT2D eigenvalue weighted by Gasteiger charge is -2.09. The Bertz CT molecular complexity index is 925. The number of fused-ring (bicyclic) bond motifs is 1. The molecule has 0 saturated carbocycles. The zero-order valence-electron chi connectivity index (χ0n) is 13.1. The fourth-order valence-corrected chi connectivity index (χ4v) is 3.93. The molecule has 0 atom stereocenters. The maximum absolute atomic E-state index is 12.1. The van der Waals surface area contributed by atoms with Crippen molar-refractivity contribution in [3.8, 4) is 0 Å². The lowest BCUT2D eigenvalue weighted by molar-refractivity contribution is 0.582. The van der Waals surface area contributed by atoms with Crippen LogP contribution < -0.4 is 10.0 Å². The third-order valence-corrected chi connectivity index (χ3v) is 5.59. The number of nitrogens with one attached hydrogen (secondary N) is 2. The predicted octanol–water partition coefficient (Wildman–Crippen LogP) is 2.04. The van der Waals surface area contributed by atoms with E-state index in [1.54, 1.807) is 17.4 Å². The van der Waals surface area contributed by atoms with E-state index in [1.807, 2.05) is 18.4 Å². The van der Waals surface area contributed by atoms with E-state index in [0.717, 1.165) is 28.3 Å². The number of nitrogens with zero attached hydrogens (tertiary/aromatic N) is 3. The molecule has 0 aliphatic rings. The summed E-state index contributed by atoms with van der Waals surface area (Å²) >= 11 is 1.56. The minimum atomic E-state index is -3.54. The molecule has 0 amide bonds. The second kappa shape index (κ2) is 7.20. The number of aryl methyl sites for hydroxylation is 1. The molecule has 24 heavy (non-hydrogen) atoms. The minimum absolute atomic E-state index is 0.153. The second-order valence-corrected chi connectivity index (χ2v) is 7.66. The first-order valence-electron chi connectivity index (χ1n) is 7.48. The number of rotatable bonds is 7. The minimum Gasteiger partial charge on any atom is -0.368 e. The van der Waals surface area contributed by atoms with Gasteiger partial charge in [-0.1, -0.05) is 6.92 Å². The fourth-order valence-electron chi connectivity index (χ4n) is 2.15. The Morgan fingerprint density at radius 1 is 1.21 bits per heavy atom. The molecule has 9 heteroatoms. The molecular weight excluding hydrogens is 346 g/mol. The van der Waals surface area contributed by atoms with E-state index in [-0.39, 0.29) is 11.4 Å². The van der Waals surface area contributed by atoms with Crippen LogP contribution >= 0.6 is 11.3 Å². The van der Waals surface area contributed by atoms with Crippen LogP contribution in [0.2, 0.25) is 0 Å². The summed E-state index contributed by atoms with van der Waals surface area (Å²) in [5.41, 5.74) is 0. The number of pyridine rings is 1. The van der Waals surface area contributed by atoms with Gasteiger partial charge in [-0.15, -0.1) is 11.3 Å². The summed E-state index contributed by atoms with van der Waals surface area (Å²) in [5.74, 6) is 1.50. The summed E-state index contributed by atoms with van der Waals surface area (Å²) < 4.78 is 26.8. The molecule has 3 aromatic heterocycles. The Kier molecular flexibility index (Phi) is 5.03. The molecule has 0 fully saturated rings. The van der Waals surface area contributed by atoms with Gasteiger partial charge in [0.2, 0.25) is 10.0 Å². The van der Waals surface area contributed by atoms with Gasteiger partial charge in [0.05, 0.1) is 5.39 Å². The van der Waals surface area contributed by atoms with Crippen LogP contribution in [0, 0.1) is 0 Å². The molecule has 3 rings (SSSR count). The second-order valence-electron chi connectivity index (χ2n) is 4.99. The molecule has 2 N–H and O–H groups in total. The van der Waals surface area contributed by atoms with Crippen LogP contribution in [0.4, 0.5) is 5.82 Å². The van der Waals surface area contributed by atoms with E-state index in [4.69, 9.17) is 0 Å². The van der Waals surface area contributed by atoms with Crippen molar-refractivity contribution in [1.82, 2.24) is 19.7 Å². The highest BCUT2D eigenvalue weighted by molar-refractivity contribution is 7.89. The molecular formula is C15H17N5O2S2. The maximum Gasteiger partial charge on any atom is 0.242 e. The van der Waals surface area contributed by atoms with Crippen LogP contribution in [-0.2, 0) is 16.4 Å². The highest BCUT2D eigenvalue weighted by Gasteiger charge is 2.13. The molecule has 0 saturated heterocycles. The van der Waals surface area contributed by atoms with Gasteiger partial charge in [0.15, 0.2) is 0 Å². The lowest BCUT2D eigenvalue weighted by atomic mass is 10.3. The number of hydrogen-bond donors (Lipinski definition) is 2. The summed E-state index contributed by atoms with van der Waals surface area (Å²) in [6.45, 7) is 2.67. The molecule has 0 bridgehead atoms. The molecule has 0 unspecified atom stereocenters. The predicted molar refractivity (Wildman–Crippen MR) is 94.7 cm³/mol. The van der Waals surface area contributed by atoms with Crippen LogP contribution in [0.15, 0.2) is 40.9 Å². The zero-order chi connectivity index (χ0) is 17.0. The van der Waals surface area contributed by atoms with Gasteiger partial charge >= 0.3 is 0 Å². The van der Waals surface area contributed by atoms with Crippen molar-refractivity contribution >= 4 is 37.4 Å². The highest BCUT2D eigenvalue weighted by Crippen LogP contribution is 2.24. The first-order valence-corrected chi connectivity index (χ1v) is 9.84. The summed E-state index contributed by atoms with van der Waals surface area (Å²) in [5, 5.41) is 6.10. The topological polar surface area (TPSA) is 96.9 Å². The Labute approximate surface area is 144 Å². The smallest absolute Gasteiger partial charge is 0.242 e. The van der Waals surface area contributed by atoms with Crippen LogP contribution in [0.3, 0.4) is 0 Å². The van der Waals surface area contributed by atoms with Gasteiger partial charge in [0.1, 0.15) is 21.4 Å². The summed E-state index contributed by atoms with van der Waals surface area (Å²) in [6, 6.07) is 5.06. The Balaban J connectivity index is 1.64. The van der Waals surface area contributed by atoms with Gasteiger partial charge in [-0.25, -0.2) is 23.1 Å². The number of hydrogen-bond acceptors (Lipinski definition) is 7. The highest BCUT2D eigenvalue weighted by atomic mass is 32.2. The summed E-state index contributed by atoms with van der Waals surface area (Å²) in [6.07, 6.45) is 3.60. The van der Waals surface area contributed by atoms with Crippen LogP contribution in [-0.4, -0.2) is 36.5 Å². The van der Waals surface area contributed by atoms with Crippen molar-refractivity contribution in [1.29, 1.82) is 0 Å². The summed E-state index contributed by atoms with van der Waals surface area (Å²) in [7, 11) is -3.54. The van der Waals surface area contributed by atoms with Crippen molar-refractivity contribution in [3.05, 3.63) is 41.8 Å². The van der Waals surface area contributed by atoms with Gasteiger partial charge in [-0.05, 0) is 23.6 Å². The van der Waals surface area contributed by atoms with Crippen LogP contribution in [0.5, 0.6) is 0 Å². The number of sulfonamides is 1. The zero-order valence-corrected chi connectivity index (χ0v) is 14.7. The van der Waals surface area contributed by atoms with E-state index >= 15 is 0 Å². The van der Waals surface area contributed by atoms with Gasteiger partial charge in [-0.3, -0.25) is 4.98 Å². The number of thiophene rings is 1. The van der Waals surface area contributed by atoms with Crippen molar-refractivity contribution in [2.24, 2.45) is 0 Å². The third kappa shape index (κ3) is 3.69. The Morgan fingerprint density at radius 2 is 2.08 bits per heavy atom. The van der Waals surface area contributed by atoms with Crippen LogP contribution in [0.1, 0.15) is 12.7 Å². The van der Waals surface area contributed by atoms with E-state index in [9.17, 15) is 8.42 Å². The van der Waals surface area contributed by atoms with E-state index in [1.165, 1.54) is 18.5 Å². The van der Waals surface area contributed by atoms with Gasteiger partial charge in [0.25, 0.3) is 0 Å². The van der Waals surface area contributed by atoms with Crippen LogP contribution in [0.25, 0.3) is 10.2 Å². The average molecular weight is 363 g/mol. The maximum atomic E-state index is 12.1. The first kappa shape index (κ1) is 16.7. The average Bonchev–Trinajstić information content (AvgIpc) is 3.08. The number of aromatic nitrogens is 3. The SMILES string of the molecule is CCc1nc(NCCNS(=O)(=O)c2cccnc2)c2ccsc2n1. The van der Waals surface area contributed by atoms with E-state index in [0.29, 0.717) is 6.54 Å². The van der Waals surface area contributed by atoms with Gasteiger partial charge in [0, 0.05) is 31.9 Å². The van der Waals surface area contributed by atoms with E-state index in [2.05, 4.69) is 25.0 Å². The Morgan fingerprint density at radius 3 is 2.83 bits per heavy atom. The molecule has 3 aromatic rings. The third-order valence-electron chi connectivity index (χ3n) is 3.34. The normalized spacial score (nSPS) is 11.7. The van der Waals surface area contributed by atoms with Crippen molar-refractivity contribution < 1.29 is 8.42 Å². The molecule has 0 aliphatic carbocycles. The quantitative estimate of drug-likeness (QED) is 0.624. The molecule has 0 aliphatic heterocycles. The molecule has 0 spiro atoms. The van der Waals surface area contributed by atoms with Crippen molar-refractivity contribution in [3.63, 3.8) is 0 Å². The molecule has 7 nitrogen and oxygen atoms in total. The Hall–Kier alpha value is -2.10.